The number of carbonyl (C=O) groups excluding carboxylic acids is 4. The van der Waals surface area contributed by atoms with E-state index in [4.69, 9.17) is 37.0 Å². The average Bonchev–Trinajstić information content (AvgIpc) is 0.907. The Hall–Kier alpha value is -3.50. The summed E-state index contributed by atoms with van der Waals surface area (Å²) >= 11 is 0. The van der Waals surface area contributed by atoms with E-state index in [1.165, 1.54) is 186 Å². The topological polar surface area (TPSA) is 237 Å². The van der Waals surface area contributed by atoms with Crippen LogP contribution in [0.3, 0.4) is 0 Å². The molecule has 19 heteroatoms. The molecule has 0 fully saturated rings. The van der Waals surface area contributed by atoms with Gasteiger partial charge in [0, 0.05) is 25.7 Å². The first-order chi connectivity index (χ1) is 50.7. The van der Waals surface area contributed by atoms with Crippen molar-refractivity contribution >= 4 is 39.5 Å². The number of rotatable bonds is 80. The number of aliphatic hydroxyl groups excluding tert-OH is 1. The highest BCUT2D eigenvalue weighted by Gasteiger charge is 2.30. The van der Waals surface area contributed by atoms with Crippen molar-refractivity contribution in [3.63, 3.8) is 0 Å². The monoisotopic (exact) mass is 1510 g/mol. The molecule has 0 aliphatic rings. The van der Waals surface area contributed by atoms with Gasteiger partial charge in [-0.15, -0.1) is 0 Å². The lowest BCUT2D eigenvalue weighted by Gasteiger charge is -2.21. The predicted molar refractivity (Wildman–Crippen MR) is 427 cm³/mol. The van der Waals surface area contributed by atoms with Gasteiger partial charge < -0.3 is 33.8 Å². The summed E-state index contributed by atoms with van der Waals surface area (Å²) in [5, 5.41) is 10.7. The number of aliphatic hydroxyl groups is 1. The molecule has 0 aromatic carbocycles. The Morgan fingerprint density at radius 1 is 0.269 bits per heavy atom. The lowest BCUT2D eigenvalue weighted by molar-refractivity contribution is -0.161. The Labute approximate surface area is 634 Å². The standard InChI is InChI=1S/C85H154O17P2/c1-5-9-13-17-21-25-29-33-37-39-43-47-51-55-59-63-67-71-84(89)101-80(75-95-82(87)69-65-61-57-53-49-45-41-35-31-27-23-19-15-11-7-3)77-99-103(91,92)97-73-79(86)74-98-104(93,94)100-78-81(76-96-83(88)70-66-62-58-54-50-46-42-36-32-28-24-20-16-12-8-4)102-85(90)72-68-64-60-56-52-48-44-40-38-34-30-26-22-18-14-10-6-2/h21,23,25,27,33,35,37,41,43,47,55,59,79-81,86H,5-20,22,24,26,28-32,34,36,38-40,42,44-46,48-54,56-58,60-78H2,1-4H3,(H,91,92)(H,93,94)/b25-21-,27-23-,37-33-,41-35-,47-43-,59-55-/t79-,80-,81-/m1/s1. The highest BCUT2D eigenvalue weighted by molar-refractivity contribution is 7.47. The van der Waals surface area contributed by atoms with Crippen LogP contribution in [0.4, 0.5) is 0 Å². The Bertz CT molecular complexity index is 2250. The number of phosphoric acid groups is 2. The highest BCUT2D eigenvalue weighted by Crippen LogP contribution is 2.45. The quantitative estimate of drug-likeness (QED) is 0.0169. The molecule has 0 aromatic heterocycles. The van der Waals surface area contributed by atoms with Gasteiger partial charge >= 0.3 is 39.5 Å². The van der Waals surface area contributed by atoms with Gasteiger partial charge in [0.15, 0.2) is 12.2 Å². The maximum atomic E-state index is 13.1. The van der Waals surface area contributed by atoms with Gasteiger partial charge in [0.05, 0.1) is 26.4 Å². The van der Waals surface area contributed by atoms with Crippen molar-refractivity contribution in [3.05, 3.63) is 72.9 Å². The van der Waals surface area contributed by atoms with E-state index < -0.39 is 97.5 Å². The third-order valence-corrected chi connectivity index (χ3v) is 20.1. The minimum atomic E-state index is -4.99. The Kier molecular flexibility index (Phi) is 75.0. The van der Waals surface area contributed by atoms with E-state index in [-0.39, 0.29) is 25.7 Å². The summed E-state index contributed by atoms with van der Waals surface area (Å²) in [5.74, 6) is -2.22. The largest absolute Gasteiger partial charge is 0.472 e. The highest BCUT2D eigenvalue weighted by atomic mass is 31.2. The van der Waals surface area contributed by atoms with Crippen LogP contribution in [0.1, 0.15) is 387 Å². The van der Waals surface area contributed by atoms with Crippen molar-refractivity contribution < 1.29 is 80.2 Å². The number of ether oxygens (including phenoxy) is 4. The molecule has 0 aliphatic carbocycles. The van der Waals surface area contributed by atoms with Gasteiger partial charge in [-0.1, -0.05) is 338 Å². The zero-order valence-electron chi connectivity index (χ0n) is 66.5. The van der Waals surface area contributed by atoms with Gasteiger partial charge in [-0.05, 0) is 96.3 Å². The van der Waals surface area contributed by atoms with E-state index in [2.05, 4.69) is 88.5 Å². The molecule has 17 nitrogen and oxygen atoms in total. The number of hydrogen-bond acceptors (Lipinski definition) is 15. The second kappa shape index (κ2) is 77.7. The van der Waals surface area contributed by atoms with Gasteiger partial charge in [0.25, 0.3) is 0 Å². The molecule has 0 aromatic rings. The van der Waals surface area contributed by atoms with E-state index in [0.29, 0.717) is 32.1 Å². The van der Waals surface area contributed by atoms with Gasteiger partial charge in [-0.3, -0.25) is 37.3 Å². The lowest BCUT2D eigenvalue weighted by Crippen LogP contribution is -2.30. The molecule has 0 radical (unpaired) electrons. The third kappa shape index (κ3) is 76.7. The fourth-order valence-corrected chi connectivity index (χ4v) is 13.3. The number of hydrogen-bond donors (Lipinski definition) is 3. The maximum absolute atomic E-state index is 13.1. The van der Waals surface area contributed by atoms with Gasteiger partial charge in [0.2, 0.25) is 0 Å². The number of unbranched alkanes of at least 4 members (excludes halogenated alkanes) is 42. The van der Waals surface area contributed by atoms with Gasteiger partial charge in [0.1, 0.15) is 19.3 Å². The van der Waals surface area contributed by atoms with Crippen LogP contribution in [-0.2, 0) is 65.4 Å². The molecular formula is C85H154O17P2. The summed E-state index contributed by atoms with van der Waals surface area (Å²) in [7, 11) is -9.97. The maximum Gasteiger partial charge on any atom is 0.472 e. The first-order valence-corrected chi connectivity index (χ1v) is 45.2. The van der Waals surface area contributed by atoms with Crippen LogP contribution < -0.4 is 0 Å². The van der Waals surface area contributed by atoms with Crippen LogP contribution in [-0.4, -0.2) is 96.7 Å². The molecule has 0 spiro atoms. The number of allylic oxidation sites excluding steroid dienone is 12. The molecule has 0 saturated carbocycles. The molecule has 3 N–H and O–H groups in total. The Morgan fingerprint density at radius 3 is 0.779 bits per heavy atom. The predicted octanol–water partition coefficient (Wildman–Crippen LogP) is 24.8. The molecule has 0 heterocycles. The molecule has 2 unspecified atom stereocenters. The first-order valence-electron chi connectivity index (χ1n) is 42.2. The molecule has 0 bridgehead atoms. The minimum absolute atomic E-state index is 0.0187. The van der Waals surface area contributed by atoms with Crippen molar-refractivity contribution in [1.82, 2.24) is 0 Å². The van der Waals surface area contributed by atoms with E-state index >= 15 is 0 Å². The van der Waals surface area contributed by atoms with Crippen molar-refractivity contribution in [2.24, 2.45) is 0 Å². The van der Waals surface area contributed by atoms with Crippen LogP contribution in [0.2, 0.25) is 0 Å². The lowest BCUT2D eigenvalue weighted by atomic mass is 10.0. The van der Waals surface area contributed by atoms with Crippen LogP contribution >= 0.6 is 15.6 Å². The van der Waals surface area contributed by atoms with Gasteiger partial charge in [-0.25, -0.2) is 9.13 Å². The molecule has 0 saturated heterocycles. The van der Waals surface area contributed by atoms with Crippen LogP contribution in [0.15, 0.2) is 72.9 Å². The zero-order chi connectivity index (χ0) is 76.0. The summed E-state index contributed by atoms with van der Waals surface area (Å²) in [4.78, 5) is 73.1. The molecule has 104 heavy (non-hydrogen) atoms. The smallest absolute Gasteiger partial charge is 0.462 e. The van der Waals surface area contributed by atoms with Crippen LogP contribution in [0, 0.1) is 0 Å². The van der Waals surface area contributed by atoms with Crippen LogP contribution in [0.25, 0.3) is 0 Å². The summed E-state index contributed by atoms with van der Waals surface area (Å²) in [6.07, 6.45) is 80.1. The molecule has 5 atom stereocenters. The second-order valence-electron chi connectivity index (χ2n) is 28.4. The summed E-state index contributed by atoms with van der Waals surface area (Å²) < 4.78 is 68.7. The van der Waals surface area contributed by atoms with Crippen molar-refractivity contribution in [3.8, 4) is 0 Å². The molecule has 0 rings (SSSR count). The van der Waals surface area contributed by atoms with Crippen LogP contribution in [0.5, 0.6) is 0 Å². The number of esters is 4. The van der Waals surface area contributed by atoms with E-state index in [1.807, 2.05) is 12.2 Å². The average molecular weight is 1510 g/mol. The second-order valence-corrected chi connectivity index (χ2v) is 31.3. The molecule has 606 valence electrons. The van der Waals surface area contributed by atoms with E-state index in [1.54, 1.807) is 0 Å². The SMILES string of the molecule is CCCCC/C=C\C/C=C\C/C=C\C/C=C\CCCC(=O)O[C@H](COC(=O)CCCCCCC/C=C\C/C=C\CCCCC)COP(=O)(O)OC[C@@H](O)COP(=O)(O)OC[C@@H](COC(=O)CCCCCCCCCCCCCCCCC)OC(=O)CCCCCCCCCCCCCCCCCCC. The Balaban J connectivity index is 5.39. The normalized spacial score (nSPS) is 14.2. The number of phosphoric ester groups is 2. The van der Waals surface area contributed by atoms with E-state index in [0.717, 1.165) is 116 Å². The molecule has 0 amide bonds. The fourth-order valence-electron chi connectivity index (χ4n) is 11.7. The first kappa shape index (κ1) is 100. The van der Waals surface area contributed by atoms with E-state index in [9.17, 15) is 43.2 Å². The zero-order valence-corrected chi connectivity index (χ0v) is 68.2. The van der Waals surface area contributed by atoms with Crippen molar-refractivity contribution in [2.75, 3.05) is 39.6 Å². The van der Waals surface area contributed by atoms with Crippen molar-refractivity contribution in [2.45, 2.75) is 406 Å². The molecule has 0 aliphatic heterocycles. The summed E-state index contributed by atoms with van der Waals surface area (Å²) in [5.41, 5.74) is 0. The minimum Gasteiger partial charge on any atom is -0.462 e. The molecular weight excluding hydrogens is 1350 g/mol. The Morgan fingerprint density at radius 2 is 0.481 bits per heavy atom. The third-order valence-electron chi connectivity index (χ3n) is 18.2. The summed E-state index contributed by atoms with van der Waals surface area (Å²) in [6, 6.07) is 0. The van der Waals surface area contributed by atoms with Gasteiger partial charge in [-0.2, -0.15) is 0 Å². The summed E-state index contributed by atoms with van der Waals surface area (Å²) in [6.45, 7) is 4.84. The fraction of sp³-hybridized carbons (Fsp3) is 0.812. The van der Waals surface area contributed by atoms with Crippen molar-refractivity contribution in [1.29, 1.82) is 0 Å². The number of carbonyl (C=O) groups is 4.